The third kappa shape index (κ3) is 1.81. The number of hydrogen-bond donors (Lipinski definition) is 0. The summed E-state index contributed by atoms with van der Waals surface area (Å²) in [5.41, 5.74) is 0. The van der Waals surface area contributed by atoms with Crippen molar-refractivity contribution in [2.24, 2.45) is 11.1 Å². The average Bonchev–Trinajstić information content (AvgIpc) is 2.74. The summed E-state index contributed by atoms with van der Waals surface area (Å²) in [5, 5.41) is 7.14. The van der Waals surface area contributed by atoms with Crippen LogP contribution in [0.1, 0.15) is 38.3 Å². The molecule has 1 fully saturated rings. The molecule has 0 N–H and O–H groups in total. The van der Waals surface area contributed by atoms with Crippen LogP contribution in [0.2, 0.25) is 0 Å². The zero-order chi connectivity index (χ0) is 9.80. The lowest BCUT2D eigenvalue weighted by atomic mass is 9.87. The van der Waals surface area contributed by atoms with Gasteiger partial charge in [-0.3, -0.25) is 0 Å². The van der Waals surface area contributed by atoms with E-state index in [9.17, 15) is 4.91 Å². The molecule has 2 rings (SSSR count). The second-order valence-corrected chi connectivity index (χ2v) is 3.79. The fraction of sp³-hybridized carbons (Fsp3) is 0.778. The van der Waals surface area contributed by atoms with Gasteiger partial charge in [-0.2, -0.15) is 5.10 Å². The maximum absolute atomic E-state index is 10.8. The van der Waals surface area contributed by atoms with Gasteiger partial charge in [-0.1, -0.05) is 19.3 Å². The van der Waals surface area contributed by atoms with Crippen molar-refractivity contribution in [1.29, 1.82) is 0 Å². The van der Waals surface area contributed by atoms with Gasteiger partial charge < -0.3 is 0 Å². The summed E-state index contributed by atoms with van der Waals surface area (Å²) < 4.78 is 1.57. The van der Waals surface area contributed by atoms with E-state index in [2.05, 4.69) is 15.3 Å². The lowest BCUT2D eigenvalue weighted by Crippen LogP contribution is -2.20. The summed E-state index contributed by atoms with van der Waals surface area (Å²) in [6.45, 7) is 0. The highest BCUT2D eigenvalue weighted by atomic mass is 16.3. The molecular formula is C9H14N4O. The fourth-order valence-corrected chi connectivity index (χ4v) is 2.14. The summed E-state index contributed by atoms with van der Waals surface area (Å²) >= 11 is 0. The first kappa shape index (κ1) is 9.30. The van der Waals surface area contributed by atoms with Crippen LogP contribution in [-0.4, -0.2) is 14.8 Å². The highest BCUT2D eigenvalue weighted by Gasteiger charge is 2.26. The molecule has 1 aromatic rings. The Balaban J connectivity index is 2.08. The molecule has 76 valence electrons. The van der Waals surface area contributed by atoms with Crippen molar-refractivity contribution in [2.45, 2.75) is 38.3 Å². The van der Waals surface area contributed by atoms with Crippen LogP contribution in [0, 0.1) is 10.8 Å². The Morgan fingerprint density at radius 2 is 2.14 bits per heavy atom. The normalized spacial score (nSPS) is 20.6. The quantitative estimate of drug-likeness (QED) is 0.692. The third-order valence-corrected chi connectivity index (χ3v) is 2.89. The molecule has 5 heteroatoms. The van der Waals surface area contributed by atoms with E-state index in [0.717, 1.165) is 12.8 Å². The minimum atomic E-state index is -0.349. The van der Waals surface area contributed by atoms with E-state index in [1.165, 1.54) is 25.6 Å². The van der Waals surface area contributed by atoms with E-state index in [1.54, 1.807) is 11.0 Å². The molecule has 5 nitrogen and oxygen atoms in total. The van der Waals surface area contributed by atoms with Gasteiger partial charge in [0.05, 0.1) is 0 Å². The SMILES string of the molecule is O=NC(C1CCCCC1)n1cncn1. The number of nitrogens with zero attached hydrogens (tertiary/aromatic N) is 4. The van der Waals surface area contributed by atoms with E-state index in [0.29, 0.717) is 5.92 Å². The topological polar surface area (TPSA) is 60.1 Å². The van der Waals surface area contributed by atoms with Crippen molar-refractivity contribution in [3.8, 4) is 0 Å². The van der Waals surface area contributed by atoms with Crippen LogP contribution in [0.25, 0.3) is 0 Å². The van der Waals surface area contributed by atoms with Crippen LogP contribution < -0.4 is 0 Å². The lowest BCUT2D eigenvalue weighted by Gasteiger charge is -2.25. The van der Waals surface area contributed by atoms with Gasteiger partial charge in [0.2, 0.25) is 0 Å². The second-order valence-electron chi connectivity index (χ2n) is 3.79. The molecule has 1 saturated carbocycles. The van der Waals surface area contributed by atoms with Gasteiger partial charge in [-0.25, -0.2) is 9.67 Å². The summed E-state index contributed by atoms with van der Waals surface area (Å²) in [5.74, 6) is 0.350. The molecule has 0 radical (unpaired) electrons. The molecule has 0 amide bonds. The van der Waals surface area contributed by atoms with Crippen LogP contribution in [0.5, 0.6) is 0 Å². The number of rotatable bonds is 3. The molecule has 1 heterocycles. The summed E-state index contributed by atoms with van der Waals surface area (Å²) in [6.07, 6.45) is 8.50. The predicted octanol–water partition coefficient (Wildman–Crippen LogP) is 2.12. The van der Waals surface area contributed by atoms with Crippen LogP contribution in [0.3, 0.4) is 0 Å². The smallest absolute Gasteiger partial charge is 0.187 e. The number of hydrogen-bond acceptors (Lipinski definition) is 4. The Morgan fingerprint density at radius 1 is 1.36 bits per heavy atom. The van der Waals surface area contributed by atoms with Gasteiger partial charge in [0.1, 0.15) is 12.7 Å². The number of nitroso groups, excluding NO2 is 1. The van der Waals surface area contributed by atoms with Crippen molar-refractivity contribution in [3.05, 3.63) is 17.6 Å². The van der Waals surface area contributed by atoms with Crippen LogP contribution in [0.15, 0.2) is 17.8 Å². The van der Waals surface area contributed by atoms with E-state index in [-0.39, 0.29) is 6.17 Å². The Hall–Kier alpha value is -1.26. The molecule has 1 unspecified atom stereocenters. The van der Waals surface area contributed by atoms with Gasteiger partial charge in [0.25, 0.3) is 0 Å². The van der Waals surface area contributed by atoms with Crippen molar-refractivity contribution in [2.75, 3.05) is 0 Å². The van der Waals surface area contributed by atoms with Crippen molar-refractivity contribution >= 4 is 0 Å². The molecule has 1 aromatic heterocycles. The molecule has 0 spiro atoms. The number of aromatic nitrogens is 3. The van der Waals surface area contributed by atoms with Crippen LogP contribution >= 0.6 is 0 Å². The van der Waals surface area contributed by atoms with Crippen molar-refractivity contribution in [1.82, 2.24) is 14.8 Å². The summed E-state index contributed by atoms with van der Waals surface area (Å²) in [7, 11) is 0. The Kier molecular flexibility index (Phi) is 2.86. The summed E-state index contributed by atoms with van der Waals surface area (Å²) in [6, 6.07) is 0. The molecule has 1 atom stereocenters. The molecule has 0 saturated heterocycles. The van der Waals surface area contributed by atoms with Gasteiger partial charge >= 0.3 is 0 Å². The predicted molar refractivity (Wildman–Crippen MR) is 51.4 cm³/mol. The molecule has 0 bridgehead atoms. The Labute approximate surface area is 82.5 Å². The summed E-state index contributed by atoms with van der Waals surface area (Å²) in [4.78, 5) is 14.6. The molecular weight excluding hydrogens is 180 g/mol. The standard InChI is InChI=1S/C9H14N4O/c14-12-9(13-7-10-6-11-13)8-4-2-1-3-5-8/h6-9H,1-5H2. The Morgan fingerprint density at radius 3 is 2.71 bits per heavy atom. The molecule has 1 aliphatic rings. The van der Waals surface area contributed by atoms with Gasteiger partial charge in [0, 0.05) is 5.92 Å². The zero-order valence-electron chi connectivity index (χ0n) is 8.04. The first-order chi connectivity index (χ1) is 6.92. The highest BCUT2D eigenvalue weighted by molar-refractivity contribution is 4.77. The molecule has 1 aliphatic carbocycles. The van der Waals surface area contributed by atoms with Gasteiger partial charge in [-0.15, -0.1) is 4.91 Å². The van der Waals surface area contributed by atoms with Crippen LogP contribution in [0.4, 0.5) is 0 Å². The van der Waals surface area contributed by atoms with E-state index in [4.69, 9.17) is 0 Å². The molecule has 14 heavy (non-hydrogen) atoms. The molecule has 0 aromatic carbocycles. The lowest BCUT2D eigenvalue weighted by molar-refractivity contribution is 0.240. The van der Waals surface area contributed by atoms with E-state index < -0.39 is 0 Å². The fourth-order valence-electron chi connectivity index (χ4n) is 2.14. The first-order valence-corrected chi connectivity index (χ1v) is 5.08. The average molecular weight is 194 g/mol. The van der Waals surface area contributed by atoms with E-state index in [1.807, 2.05) is 0 Å². The van der Waals surface area contributed by atoms with Gasteiger partial charge in [-0.05, 0) is 18.0 Å². The molecule has 0 aliphatic heterocycles. The largest absolute Gasteiger partial charge is 0.224 e. The maximum atomic E-state index is 10.8. The van der Waals surface area contributed by atoms with Crippen molar-refractivity contribution in [3.63, 3.8) is 0 Å². The third-order valence-electron chi connectivity index (χ3n) is 2.89. The van der Waals surface area contributed by atoms with Gasteiger partial charge in [0.15, 0.2) is 6.17 Å². The highest BCUT2D eigenvalue weighted by Crippen LogP contribution is 2.32. The monoisotopic (exact) mass is 194 g/mol. The van der Waals surface area contributed by atoms with Crippen LogP contribution in [-0.2, 0) is 0 Å². The maximum Gasteiger partial charge on any atom is 0.187 e. The second kappa shape index (κ2) is 4.30. The Bertz CT molecular complexity index is 279. The first-order valence-electron chi connectivity index (χ1n) is 5.08. The minimum Gasteiger partial charge on any atom is -0.224 e. The van der Waals surface area contributed by atoms with E-state index >= 15 is 0 Å². The minimum absolute atomic E-state index is 0.349. The zero-order valence-corrected chi connectivity index (χ0v) is 8.04. The van der Waals surface area contributed by atoms with Crippen molar-refractivity contribution < 1.29 is 0 Å².